The monoisotopic (exact) mass is 218 g/mol. The highest BCUT2D eigenvalue weighted by Crippen LogP contribution is 2.24. The molecule has 0 saturated carbocycles. The van der Waals surface area contributed by atoms with E-state index in [1.165, 1.54) is 5.56 Å². The molecule has 1 atom stereocenters. The third-order valence-corrected chi connectivity index (χ3v) is 2.77. The molecule has 0 bridgehead atoms. The van der Waals surface area contributed by atoms with Crippen LogP contribution in [0.3, 0.4) is 0 Å². The van der Waals surface area contributed by atoms with Gasteiger partial charge < -0.3 is 10.6 Å². The standard InChI is InChI=1S/C13H18N2O/c1-9(2)8-14-13(16)12-7-10-5-3-4-6-11(10)15-12/h3-6,9,12,15H,7-8H2,1-2H3,(H,14,16)/t12-/m0/s1. The zero-order chi connectivity index (χ0) is 11.5. The number of rotatable bonds is 3. The Labute approximate surface area is 96.2 Å². The van der Waals surface area contributed by atoms with Crippen LogP contribution < -0.4 is 10.6 Å². The smallest absolute Gasteiger partial charge is 0.242 e. The largest absolute Gasteiger partial charge is 0.373 e. The number of carbonyl (C=O) groups excluding carboxylic acids is 1. The molecule has 0 saturated heterocycles. The van der Waals surface area contributed by atoms with Gasteiger partial charge in [0.2, 0.25) is 5.91 Å². The van der Waals surface area contributed by atoms with Crippen molar-refractivity contribution in [1.82, 2.24) is 5.32 Å². The fourth-order valence-electron chi connectivity index (χ4n) is 1.88. The fraction of sp³-hybridized carbons (Fsp3) is 0.462. The van der Waals surface area contributed by atoms with E-state index in [1.54, 1.807) is 0 Å². The maximum absolute atomic E-state index is 11.8. The van der Waals surface area contributed by atoms with Gasteiger partial charge in [-0.05, 0) is 17.5 Å². The number of para-hydroxylation sites is 1. The van der Waals surface area contributed by atoms with E-state index in [0.29, 0.717) is 5.92 Å². The van der Waals surface area contributed by atoms with Gasteiger partial charge in [-0.1, -0.05) is 32.0 Å². The lowest BCUT2D eigenvalue weighted by atomic mass is 10.1. The number of hydrogen-bond donors (Lipinski definition) is 2. The van der Waals surface area contributed by atoms with Crippen molar-refractivity contribution in [2.24, 2.45) is 5.92 Å². The molecule has 1 amide bonds. The first-order valence-corrected chi connectivity index (χ1v) is 5.79. The highest BCUT2D eigenvalue weighted by molar-refractivity contribution is 5.87. The van der Waals surface area contributed by atoms with Gasteiger partial charge in [0.05, 0.1) is 0 Å². The maximum Gasteiger partial charge on any atom is 0.242 e. The molecule has 3 nitrogen and oxygen atoms in total. The molecular weight excluding hydrogens is 200 g/mol. The van der Waals surface area contributed by atoms with Crippen molar-refractivity contribution in [1.29, 1.82) is 0 Å². The van der Waals surface area contributed by atoms with Crippen LogP contribution in [0.15, 0.2) is 24.3 Å². The zero-order valence-corrected chi connectivity index (χ0v) is 9.79. The quantitative estimate of drug-likeness (QED) is 0.812. The van der Waals surface area contributed by atoms with Crippen LogP contribution in [0.25, 0.3) is 0 Å². The number of anilines is 1. The first-order valence-electron chi connectivity index (χ1n) is 5.79. The summed E-state index contributed by atoms with van der Waals surface area (Å²) in [7, 11) is 0. The predicted octanol–water partition coefficient (Wildman–Crippen LogP) is 1.80. The molecule has 1 aromatic rings. The third kappa shape index (κ3) is 2.35. The van der Waals surface area contributed by atoms with Gasteiger partial charge >= 0.3 is 0 Å². The summed E-state index contributed by atoms with van der Waals surface area (Å²) in [5, 5.41) is 6.20. The minimum absolute atomic E-state index is 0.101. The second-order valence-electron chi connectivity index (χ2n) is 4.70. The van der Waals surface area contributed by atoms with Crippen molar-refractivity contribution < 1.29 is 4.79 Å². The summed E-state index contributed by atoms with van der Waals surface area (Å²) in [6.45, 7) is 4.93. The second kappa shape index (κ2) is 4.56. The summed E-state index contributed by atoms with van der Waals surface area (Å²) < 4.78 is 0. The van der Waals surface area contributed by atoms with E-state index in [1.807, 2.05) is 18.2 Å². The normalized spacial score (nSPS) is 18.1. The molecule has 16 heavy (non-hydrogen) atoms. The summed E-state index contributed by atoms with van der Waals surface area (Å²) in [5.74, 6) is 0.595. The van der Waals surface area contributed by atoms with Gasteiger partial charge in [0.1, 0.15) is 6.04 Å². The Morgan fingerprint density at radius 2 is 2.25 bits per heavy atom. The van der Waals surface area contributed by atoms with E-state index >= 15 is 0 Å². The molecule has 86 valence electrons. The molecule has 1 aliphatic rings. The Morgan fingerprint density at radius 1 is 1.50 bits per heavy atom. The Balaban J connectivity index is 1.93. The second-order valence-corrected chi connectivity index (χ2v) is 4.70. The van der Waals surface area contributed by atoms with Crippen LogP contribution in [0.1, 0.15) is 19.4 Å². The Morgan fingerprint density at radius 3 is 2.94 bits per heavy atom. The number of nitrogens with one attached hydrogen (secondary N) is 2. The van der Waals surface area contributed by atoms with Crippen LogP contribution in [0.5, 0.6) is 0 Å². The summed E-state index contributed by atoms with van der Waals surface area (Å²) in [4.78, 5) is 11.8. The molecule has 0 fully saturated rings. The van der Waals surface area contributed by atoms with Crippen molar-refractivity contribution in [3.8, 4) is 0 Å². The first kappa shape index (κ1) is 11.0. The zero-order valence-electron chi connectivity index (χ0n) is 9.79. The first-order chi connectivity index (χ1) is 7.66. The Bertz CT molecular complexity index is 362. The Hall–Kier alpha value is -1.51. The lowest BCUT2D eigenvalue weighted by molar-refractivity contribution is -0.121. The molecule has 0 spiro atoms. The highest BCUT2D eigenvalue weighted by atomic mass is 16.2. The topological polar surface area (TPSA) is 41.1 Å². The van der Waals surface area contributed by atoms with Gasteiger partial charge in [-0.3, -0.25) is 4.79 Å². The van der Waals surface area contributed by atoms with Crippen LogP contribution in [-0.2, 0) is 11.2 Å². The number of benzene rings is 1. The van der Waals surface area contributed by atoms with Crippen LogP contribution >= 0.6 is 0 Å². The summed E-state index contributed by atoms with van der Waals surface area (Å²) >= 11 is 0. The summed E-state index contributed by atoms with van der Waals surface area (Å²) in [5.41, 5.74) is 2.32. The van der Waals surface area contributed by atoms with Crippen LogP contribution in [-0.4, -0.2) is 18.5 Å². The molecule has 1 aromatic carbocycles. The minimum atomic E-state index is -0.101. The van der Waals surface area contributed by atoms with Gasteiger partial charge in [-0.2, -0.15) is 0 Å². The maximum atomic E-state index is 11.8. The minimum Gasteiger partial charge on any atom is -0.373 e. The average molecular weight is 218 g/mol. The molecule has 3 heteroatoms. The van der Waals surface area contributed by atoms with Crippen LogP contribution in [0.4, 0.5) is 5.69 Å². The van der Waals surface area contributed by atoms with Gasteiger partial charge in [-0.15, -0.1) is 0 Å². The van der Waals surface area contributed by atoms with Crippen molar-refractivity contribution in [3.05, 3.63) is 29.8 Å². The van der Waals surface area contributed by atoms with E-state index in [-0.39, 0.29) is 11.9 Å². The molecule has 1 aliphatic heterocycles. The molecule has 0 radical (unpaired) electrons. The molecule has 0 unspecified atom stereocenters. The molecule has 0 aliphatic carbocycles. The van der Waals surface area contributed by atoms with Crippen molar-refractivity contribution in [2.45, 2.75) is 26.3 Å². The number of hydrogen-bond acceptors (Lipinski definition) is 2. The fourth-order valence-corrected chi connectivity index (χ4v) is 1.88. The average Bonchev–Trinajstić information content (AvgIpc) is 2.69. The molecular formula is C13H18N2O. The van der Waals surface area contributed by atoms with Gasteiger partial charge in [0.25, 0.3) is 0 Å². The van der Waals surface area contributed by atoms with Crippen molar-refractivity contribution in [2.75, 3.05) is 11.9 Å². The molecule has 2 N–H and O–H groups in total. The lowest BCUT2D eigenvalue weighted by Gasteiger charge is -2.13. The van der Waals surface area contributed by atoms with E-state index in [9.17, 15) is 4.79 Å². The number of fused-ring (bicyclic) bond motifs is 1. The van der Waals surface area contributed by atoms with Gasteiger partial charge in [0.15, 0.2) is 0 Å². The predicted molar refractivity (Wildman–Crippen MR) is 65.4 cm³/mol. The summed E-state index contributed by atoms with van der Waals surface area (Å²) in [6.07, 6.45) is 0.792. The van der Waals surface area contributed by atoms with Gasteiger partial charge in [0, 0.05) is 18.7 Å². The van der Waals surface area contributed by atoms with E-state index in [0.717, 1.165) is 18.7 Å². The lowest BCUT2D eigenvalue weighted by Crippen LogP contribution is -2.39. The van der Waals surface area contributed by atoms with Crippen molar-refractivity contribution >= 4 is 11.6 Å². The highest BCUT2D eigenvalue weighted by Gasteiger charge is 2.25. The molecule has 0 aromatic heterocycles. The van der Waals surface area contributed by atoms with Gasteiger partial charge in [-0.25, -0.2) is 0 Å². The van der Waals surface area contributed by atoms with Crippen LogP contribution in [0, 0.1) is 5.92 Å². The Kier molecular flexibility index (Phi) is 3.13. The summed E-state index contributed by atoms with van der Waals surface area (Å²) in [6, 6.07) is 7.98. The molecule has 2 rings (SSSR count). The third-order valence-electron chi connectivity index (χ3n) is 2.77. The van der Waals surface area contributed by atoms with E-state index < -0.39 is 0 Å². The van der Waals surface area contributed by atoms with E-state index in [4.69, 9.17) is 0 Å². The number of amides is 1. The van der Waals surface area contributed by atoms with Crippen LogP contribution in [0.2, 0.25) is 0 Å². The van der Waals surface area contributed by atoms with E-state index in [2.05, 4.69) is 30.5 Å². The SMILES string of the molecule is CC(C)CNC(=O)[C@@H]1Cc2ccccc2N1. The molecule has 1 heterocycles. The number of carbonyl (C=O) groups is 1. The van der Waals surface area contributed by atoms with Crippen molar-refractivity contribution in [3.63, 3.8) is 0 Å².